The minimum absolute atomic E-state index is 0.121. The molecule has 0 saturated heterocycles. The molecule has 0 saturated carbocycles. The van der Waals surface area contributed by atoms with Crippen molar-refractivity contribution >= 4 is 22.4 Å². The standard InChI is InChI=1S/C17H15N5O2/c1-11-4-3-5-14-17(11)21(2)16(20-14)10-19-13-7-6-12(9-18)8-15(13)22(23)24/h3-8,19H,10H2,1-2H3. The zero-order chi connectivity index (χ0) is 17.3. The smallest absolute Gasteiger partial charge is 0.293 e. The molecule has 0 bridgehead atoms. The van der Waals surface area contributed by atoms with Crippen molar-refractivity contribution in [2.24, 2.45) is 7.05 Å². The van der Waals surface area contributed by atoms with E-state index in [-0.39, 0.29) is 11.3 Å². The maximum Gasteiger partial charge on any atom is 0.293 e. The van der Waals surface area contributed by atoms with Crippen molar-refractivity contribution in [1.29, 1.82) is 5.26 Å². The highest BCUT2D eigenvalue weighted by atomic mass is 16.6. The molecule has 0 amide bonds. The molecule has 7 heteroatoms. The second-order valence-electron chi connectivity index (χ2n) is 5.48. The monoisotopic (exact) mass is 321 g/mol. The summed E-state index contributed by atoms with van der Waals surface area (Å²) in [5.41, 5.74) is 3.56. The first-order valence-electron chi connectivity index (χ1n) is 7.34. The third-order valence-corrected chi connectivity index (χ3v) is 3.95. The molecule has 0 radical (unpaired) electrons. The lowest BCUT2D eigenvalue weighted by Crippen LogP contribution is -2.07. The maximum absolute atomic E-state index is 11.2. The van der Waals surface area contributed by atoms with Gasteiger partial charge in [0.2, 0.25) is 0 Å². The lowest BCUT2D eigenvalue weighted by Gasteiger charge is -2.08. The first-order valence-corrected chi connectivity index (χ1v) is 7.34. The van der Waals surface area contributed by atoms with Crippen LogP contribution in [0.4, 0.5) is 11.4 Å². The number of nitrogens with one attached hydrogen (secondary N) is 1. The first kappa shape index (κ1) is 15.5. The predicted octanol–water partition coefficient (Wildman–Crippen LogP) is 3.27. The van der Waals surface area contributed by atoms with Gasteiger partial charge in [0.25, 0.3) is 5.69 Å². The average molecular weight is 321 g/mol. The summed E-state index contributed by atoms with van der Waals surface area (Å²) in [4.78, 5) is 15.3. The molecule has 0 aliphatic carbocycles. The van der Waals surface area contributed by atoms with E-state index in [9.17, 15) is 10.1 Å². The molecule has 1 aromatic heterocycles. The van der Waals surface area contributed by atoms with E-state index in [0.29, 0.717) is 12.2 Å². The van der Waals surface area contributed by atoms with Crippen LogP contribution < -0.4 is 5.32 Å². The van der Waals surface area contributed by atoms with Gasteiger partial charge in [-0.1, -0.05) is 12.1 Å². The Morgan fingerprint density at radius 3 is 2.83 bits per heavy atom. The van der Waals surface area contributed by atoms with Gasteiger partial charge in [-0.2, -0.15) is 5.26 Å². The second-order valence-corrected chi connectivity index (χ2v) is 5.48. The molecular weight excluding hydrogens is 306 g/mol. The van der Waals surface area contributed by atoms with E-state index in [1.807, 2.05) is 42.8 Å². The van der Waals surface area contributed by atoms with Crippen molar-refractivity contribution in [3.63, 3.8) is 0 Å². The van der Waals surface area contributed by atoms with Gasteiger partial charge in [0.15, 0.2) is 0 Å². The van der Waals surface area contributed by atoms with Crippen LogP contribution in [0.15, 0.2) is 36.4 Å². The summed E-state index contributed by atoms with van der Waals surface area (Å²) in [6.07, 6.45) is 0. The van der Waals surface area contributed by atoms with Gasteiger partial charge >= 0.3 is 0 Å². The number of aryl methyl sites for hydroxylation is 2. The molecule has 0 atom stereocenters. The zero-order valence-electron chi connectivity index (χ0n) is 13.3. The molecule has 24 heavy (non-hydrogen) atoms. The number of fused-ring (bicyclic) bond motifs is 1. The highest BCUT2D eigenvalue weighted by Gasteiger charge is 2.16. The number of nitrogens with zero attached hydrogens (tertiary/aromatic N) is 4. The van der Waals surface area contributed by atoms with Crippen molar-refractivity contribution < 1.29 is 4.92 Å². The summed E-state index contributed by atoms with van der Waals surface area (Å²) < 4.78 is 1.98. The van der Waals surface area contributed by atoms with E-state index in [0.717, 1.165) is 22.4 Å². The summed E-state index contributed by atoms with van der Waals surface area (Å²) in [5.74, 6) is 0.776. The molecule has 0 aliphatic rings. The quantitative estimate of drug-likeness (QED) is 0.587. The van der Waals surface area contributed by atoms with Crippen LogP contribution in [-0.4, -0.2) is 14.5 Å². The van der Waals surface area contributed by atoms with Gasteiger partial charge in [0.1, 0.15) is 11.5 Å². The van der Waals surface area contributed by atoms with Gasteiger partial charge in [0, 0.05) is 13.1 Å². The Balaban J connectivity index is 1.92. The van der Waals surface area contributed by atoms with Gasteiger partial charge in [-0.15, -0.1) is 0 Å². The number of nitriles is 1. The number of nitro benzene ring substituents is 1. The highest BCUT2D eigenvalue weighted by molar-refractivity contribution is 5.79. The molecule has 0 unspecified atom stereocenters. The first-order chi connectivity index (χ1) is 11.5. The number of nitro groups is 1. The Bertz CT molecular complexity index is 985. The zero-order valence-corrected chi connectivity index (χ0v) is 13.3. The third-order valence-electron chi connectivity index (χ3n) is 3.95. The lowest BCUT2D eigenvalue weighted by molar-refractivity contribution is -0.384. The summed E-state index contributed by atoms with van der Waals surface area (Å²) in [6.45, 7) is 2.37. The van der Waals surface area contributed by atoms with E-state index >= 15 is 0 Å². The summed E-state index contributed by atoms with van der Waals surface area (Å²) >= 11 is 0. The number of para-hydroxylation sites is 1. The molecule has 2 aromatic carbocycles. The van der Waals surface area contributed by atoms with Gasteiger partial charge < -0.3 is 9.88 Å². The van der Waals surface area contributed by atoms with Crippen molar-refractivity contribution in [3.8, 4) is 6.07 Å². The van der Waals surface area contributed by atoms with E-state index in [1.165, 1.54) is 6.07 Å². The van der Waals surface area contributed by atoms with Crippen LogP contribution in [0.25, 0.3) is 11.0 Å². The van der Waals surface area contributed by atoms with Crippen molar-refractivity contribution in [2.75, 3.05) is 5.32 Å². The van der Waals surface area contributed by atoms with E-state index in [4.69, 9.17) is 5.26 Å². The molecule has 1 heterocycles. The Labute approximate surface area is 138 Å². The fraction of sp³-hybridized carbons (Fsp3) is 0.176. The maximum atomic E-state index is 11.2. The number of aromatic nitrogens is 2. The number of anilines is 1. The van der Waals surface area contributed by atoms with Crippen LogP contribution in [0.3, 0.4) is 0 Å². The largest absolute Gasteiger partial charge is 0.372 e. The van der Waals surface area contributed by atoms with Crippen LogP contribution in [0, 0.1) is 28.4 Å². The number of imidazole rings is 1. The molecule has 7 nitrogen and oxygen atoms in total. The van der Waals surface area contributed by atoms with Crippen LogP contribution in [0.1, 0.15) is 17.0 Å². The van der Waals surface area contributed by atoms with Gasteiger partial charge in [-0.25, -0.2) is 4.98 Å². The SMILES string of the molecule is Cc1cccc2nc(CNc3ccc(C#N)cc3[N+](=O)[O-])n(C)c12. The van der Waals surface area contributed by atoms with Crippen molar-refractivity contribution in [2.45, 2.75) is 13.5 Å². The topological polar surface area (TPSA) is 96.8 Å². The molecule has 0 fully saturated rings. The highest BCUT2D eigenvalue weighted by Crippen LogP contribution is 2.26. The number of benzene rings is 2. The van der Waals surface area contributed by atoms with E-state index in [2.05, 4.69) is 10.3 Å². The Kier molecular flexibility index (Phi) is 3.88. The van der Waals surface area contributed by atoms with Crippen LogP contribution in [-0.2, 0) is 13.6 Å². The summed E-state index contributed by atoms with van der Waals surface area (Å²) in [7, 11) is 1.92. The summed E-state index contributed by atoms with van der Waals surface area (Å²) in [5, 5.41) is 23.1. The summed E-state index contributed by atoms with van der Waals surface area (Å²) in [6, 6.07) is 12.2. The Morgan fingerprint density at radius 1 is 1.38 bits per heavy atom. The Morgan fingerprint density at radius 2 is 2.17 bits per heavy atom. The van der Waals surface area contributed by atoms with Crippen LogP contribution >= 0.6 is 0 Å². The minimum Gasteiger partial charge on any atom is -0.372 e. The number of rotatable bonds is 4. The normalized spacial score (nSPS) is 10.5. The lowest BCUT2D eigenvalue weighted by atomic mass is 10.2. The molecule has 120 valence electrons. The average Bonchev–Trinajstić information content (AvgIpc) is 2.90. The number of hydrogen-bond acceptors (Lipinski definition) is 5. The van der Waals surface area contributed by atoms with Crippen LogP contribution in [0.2, 0.25) is 0 Å². The number of hydrogen-bond donors (Lipinski definition) is 1. The molecule has 1 N–H and O–H groups in total. The van der Waals surface area contributed by atoms with Gasteiger partial charge in [-0.3, -0.25) is 10.1 Å². The van der Waals surface area contributed by atoms with E-state index in [1.54, 1.807) is 12.1 Å². The van der Waals surface area contributed by atoms with E-state index < -0.39 is 4.92 Å². The molecule has 3 rings (SSSR count). The van der Waals surface area contributed by atoms with Crippen molar-refractivity contribution in [1.82, 2.24) is 9.55 Å². The van der Waals surface area contributed by atoms with Gasteiger partial charge in [-0.05, 0) is 30.7 Å². The Hall–Kier alpha value is -3.40. The predicted molar refractivity (Wildman–Crippen MR) is 90.6 cm³/mol. The molecule has 3 aromatic rings. The van der Waals surface area contributed by atoms with Crippen molar-refractivity contribution in [3.05, 3.63) is 63.5 Å². The molecule has 0 spiro atoms. The second kappa shape index (κ2) is 6.01. The van der Waals surface area contributed by atoms with Gasteiger partial charge in [0.05, 0.1) is 34.1 Å². The molecular formula is C17H15N5O2. The minimum atomic E-state index is -0.498. The van der Waals surface area contributed by atoms with Crippen LogP contribution in [0.5, 0.6) is 0 Å². The molecule has 0 aliphatic heterocycles. The fourth-order valence-electron chi connectivity index (χ4n) is 2.75. The fourth-order valence-corrected chi connectivity index (χ4v) is 2.75. The third kappa shape index (κ3) is 2.65.